The van der Waals surface area contributed by atoms with E-state index in [9.17, 15) is 9.59 Å². The molecule has 0 aromatic heterocycles. The van der Waals surface area contributed by atoms with E-state index in [2.05, 4.69) is 12.2 Å². The number of carbonyl (C=O) groups excluding carboxylic acids is 1. The number of carboxylic acid groups (broad SMARTS) is 1. The van der Waals surface area contributed by atoms with E-state index in [0.29, 0.717) is 12.3 Å². The maximum absolute atomic E-state index is 12.2. The lowest BCUT2D eigenvalue weighted by Gasteiger charge is -2.30. The normalized spacial score (nSPS) is 15.1. The number of carboxylic acids is 1. The summed E-state index contributed by atoms with van der Waals surface area (Å²) < 4.78 is 0. The summed E-state index contributed by atoms with van der Waals surface area (Å²) in [6.07, 6.45) is 3.89. The highest BCUT2D eigenvalue weighted by Crippen LogP contribution is 2.29. The molecule has 0 radical (unpaired) electrons. The van der Waals surface area contributed by atoms with Crippen LogP contribution >= 0.6 is 0 Å². The van der Waals surface area contributed by atoms with Crippen molar-refractivity contribution in [2.45, 2.75) is 58.4 Å². The Balaban J connectivity index is 2.45. The van der Waals surface area contributed by atoms with Gasteiger partial charge in [-0.1, -0.05) is 6.92 Å². The zero-order valence-corrected chi connectivity index (χ0v) is 12.2. The molecule has 5 nitrogen and oxygen atoms in total. The monoisotopic (exact) mass is 270 g/mol. The first kappa shape index (κ1) is 15.8. The highest BCUT2D eigenvalue weighted by atomic mass is 16.4. The van der Waals surface area contributed by atoms with Gasteiger partial charge >= 0.3 is 12.0 Å². The molecule has 0 aromatic carbocycles. The molecule has 19 heavy (non-hydrogen) atoms. The summed E-state index contributed by atoms with van der Waals surface area (Å²) in [6, 6.07) is -0.0656. The first-order valence-corrected chi connectivity index (χ1v) is 7.13. The van der Waals surface area contributed by atoms with Gasteiger partial charge in [0.2, 0.25) is 0 Å². The summed E-state index contributed by atoms with van der Waals surface area (Å²) in [4.78, 5) is 24.7. The summed E-state index contributed by atoms with van der Waals surface area (Å²) in [6.45, 7) is 7.39. The summed E-state index contributed by atoms with van der Waals surface area (Å²) in [5.74, 6) is -0.162. The summed E-state index contributed by atoms with van der Waals surface area (Å²) >= 11 is 0. The number of amides is 2. The molecular weight excluding hydrogens is 244 g/mol. The lowest BCUT2D eigenvalue weighted by molar-refractivity contribution is -0.137. The molecule has 5 heteroatoms. The maximum atomic E-state index is 12.2. The summed E-state index contributed by atoms with van der Waals surface area (Å²) in [5, 5.41) is 11.7. The van der Waals surface area contributed by atoms with Crippen molar-refractivity contribution < 1.29 is 14.7 Å². The van der Waals surface area contributed by atoms with E-state index in [1.54, 1.807) is 0 Å². The Hall–Kier alpha value is -1.26. The van der Waals surface area contributed by atoms with Crippen LogP contribution < -0.4 is 5.32 Å². The molecule has 2 N–H and O–H groups in total. The summed E-state index contributed by atoms with van der Waals surface area (Å²) in [7, 11) is 0. The van der Waals surface area contributed by atoms with Crippen molar-refractivity contribution >= 4 is 12.0 Å². The number of hydrogen-bond acceptors (Lipinski definition) is 2. The Bertz CT molecular complexity index is 325. The molecule has 2 amide bonds. The number of carbonyl (C=O) groups is 2. The van der Waals surface area contributed by atoms with E-state index >= 15 is 0 Å². The molecule has 0 aliphatic heterocycles. The fraction of sp³-hybridized carbons (Fsp3) is 0.857. The van der Waals surface area contributed by atoms with E-state index < -0.39 is 11.5 Å². The standard InChI is InChI=1S/C14H26N2O3/c1-4-9-16(10-11-5-6-11)13(19)15-14(2,3)8-7-12(17)18/h11H,4-10H2,1-3H3,(H,15,19)(H,17,18). The molecule has 0 spiro atoms. The van der Waals surface area contributed by atoms with Crippen LogP contribution in [-0.2, 0) is 4.79 Å². The molecule has 1 rings (SSSR count). The molecule has 0 heterocycles. The zero-order valence-electron chi connectivity index (χ0n) is 12.2. The van der Waals surface area contributed by atoms with Crippen molar-refractivity contribution in [2.75, 3.05) is 13.1 Å². The van der Waals surface area contributed by atoms with Crippen LogP contribution in [0.3, 0.4) is 0 Å². The third-order valence-electron chi connectivity index (χ3n) is 3.37. The van der Waals surface area contributed by atoms with Gasteiger partial charge in [0, 0.05) is 25.0 Å². The molecule has 0 aromatic rings. The molecule has 0 saturated heterocycles. The molecule has 1 fully saturated rings. The zero-order chi connectivity index (χ0) is 14.5. The van der Waals surface area contributed by atoms with Crippen LogP contribution in [0, 0.1) is 5.92 Å². The average molecular weight is 270 g/mol. The second-order valence-corrected chi connectivity index (χ2v) is 6.10. The SMILES string of the molecule is CCCN(CC1CC1)C(=O)NC(C)(C)CCC(=O)O. The Morgan fingerprint density at radius 1 is 1.37 bits per heavy atom. The van der Waals surface area contributed by atoms with Gasteiger partial charge in [0.25, 0.3) is 0 Å². The van der Waals surface area contributed by atoms with Gasteiger partial charge < -0.3 is 15.3 Å². The van der Waals surface area contributed by atoms with E-state index in [-0.39, 0.29) is 12.5 Å². The largest absolute Gasteiger partial charge is 0.481 e. The molecular formula is C14H26N2O3. The number of hydrogen-bond donors (Lipinski definition) is 2. The Morgan fingerprint density at radius 2 is 2.00 bits per heavy atom. The second kappa shape index (κ2) is 6.78. The fourth-order valence-corrected chi connectivity index (χ4v) is 2.01. The van der Waals surface area contributed by atoms with Crippen LogP contribution in [0.4, 0.5) is 4.79 Å². The fourth-order valence-electron chi connectivity index (χ4n) is 2.01. The van der Waals surface area contributed by atoms with E-state index in [1.165, 1.54) is 12.8 Å². The summed E-state index contributed by atoms with van der Waals surface area (Å²) in [5.41, 5.74) is -0.481. The number of nitrogens with zero attached hydrogens (tertiary/aromatic N) is 1. The molecule has 1 saturated carbocycles. The van der Waals surface area contributed by atoms with Crippen molar-refractivity contribution in [3.05, 3.63) is 0 Å². The van der Waals surface area contributed by atoms with Crippen LogP contribution in [0.25, 0.3) is 0 Å². The van der Waals surface area contributed by atoms with Crippen LogP contribution in [0.5, 0.6) is 0 Å². The van der Waals surface area contributed by atoms with Gasteiger partial charge in [0.1, 0.15) is 0 Å². The smallest absolute Gasteiger partial charge is 0.317 e. The molecule has 110 valence electrons. The van der Waals surface area contributed by atoms with Gasteiger partial charge in [-0.15, -0.1) is 0 Å². The van der Waals surface area contributed by atoms with Gasteiger partial charge in [-0.05, 0) is 45.4 Å². The van der Waals surface area contributed by atoms with Gasteiger partial charge in [-0.25, -0.2) is 4.79 Å². The molecule has 0 atom stereocenters. The van der Waals surface area contributed by atoms with Crippen LogP contribution in [-0.4, -0.2) is 40.6 Å². The lowest BCUT2D eigenvalue weighted by Crippen LogP contribution is -2.51. The predicted octanol–water partition coefficient (Wildman–Crippen LogP) is 2.46. The topological polar surface area (TPSA) is 69.6 Å². The second-order valence-electron chi connectivity index (χ2n) is 6.10. The van der Waals surface area contributed by atoms with Crippen molar-refractivity contribution in [2.24, 2.45) is 5.92 Å². The Morgan fingerprint density at radius 3 is 2.47 bits per heavy atom. The van der Waals surface area contributed by atoms with Gasteiger partial charge in [0.15, 0.2) is 0 Å². The van der Waals surface area contributed by atoms with Crippen LogP contribution in [0.2, 0.25) is 0 Å². The first-order valence-electron chi connectivity index (χ1n) is 7.13. The maximum Gasteiger partial charge on any atom is 0.317 e. The average Bonchev–Trinajstić information content (AvgIpc) is 3.09. The van der Waals surface area contributed by atoms with Crippen LogP contribution in [0.15, 0.2) is 0 Å². The predicted molar refractivity (Wildman–Crippen MR) is 74.1 cm³/mol. The minimum atomic E-state index is -0.828. The number of rotatable bonds is 8. The molecule has 1 aliphatic carbocycles. The third kappa shape index (κ3) is 6.45. The van der Waals surface area contributed by atoms with E-state index in [4.69, 9.17) is 5.11 Å². The number of aliphatic carboxylic acids is 1. The Kier molecular flexibility index (Phi) is 5.63. The highest BCUT2D eigenvalue weighted by Gasteiger charge is 2.29. The molecule has 1 aliphatic rings. The van der Waals surface area contributed by atoms with E-state index in [0.717, 1.165) is 19.5 Å². The Labute approximate surface area is 115 Å². The van der Waals surface area contributed by atoms with E-state index in [1.807, 2.05) is 18.7 Å². The van der Waals surface area contributed by atoms with Crippen molar-refractivity contribution in [1.29, 1.82) is 0 Å². The highest BCUT2D eigenvalue weighted by molar-refractivity contribution is 5.75. The van der Waals surface area contributed by atoms with Crippen molar-refractivity contribution in [1.82, 2.24) is 10.2 Å². The minimum Gasteiger partial charge on any atom is -0.481 e. The lowest BCUT2D eigenvalue weighted by atomic mass is 9.99. The quantitative estimate of drug-likeness (QED) is 0.712. The third-order valence-corrected chi connectivity index (χ3v) is 3.37. The molecule has 0 unspecified atom stereocenters. The first-order chi connectivity index (χ1) is 8.84. The van der Waals surface area contributed by atoms with Crippen molar-refractivity contribution in [3.63, 3.8) is 0 Å². The van der Waals surface area contributed by atoms with Gasteiger partial charge in [-0.3, -0.25) is 4.79 Å². The molecule has 0 bridgehead atoms. The van der Waals surface area contributed by atoms with Crippen LogP contribution in [0.1, 0.15) is 52.9 Å². The van der Waals surface area contributed by atoms with Gasteiger partial charge in [0.05, 0.1) is 0 Å². The number of urea groups is 1. The number of nitrogens with one attached hydrogen (secondary N) is 1. The minimum absolute atomic E-state index is 0.0656. The van der Waals surface area contributed by atoms with Gasteiger partial charge in [-0.2, -0.15) is 0 Å². The van der Waals surface area contributed by atoms with Crippen molar-refractivity contribution in [3.8, 4) is 0 Å².